The highest BCUT2D eigenvalue weighted by Gasteiger charge is 2.54. The third kappa shape index (κ3) is 6.59. The number of halogens is 1. The molecule has 2 heterocycles. The summed E-state index contributed by atoms with van der Waals surface area (Å²) in [5, 5.41) is 5.85. The summed E-state index contributed by atoms with van der Waals surface area (Å²) in [6, 6.07) is 18.3. The highest BCUT2D eigenvalue weighted by atomic mass is 35.5. The van der Waals surface area contributed by atoms with E-state index in [1.165, 1.54) is 48.5 Å². The number of hydrogen-bond acceptors (Lipinski definition) is 7. The monoisotopic (exact) mass is 674 g/mol. The zero-order chi connectivity index (χ0) is 34.1. The Morgan fingerprint density at radius 2 is 1.66 bits per heavy atom. The molecule has 1 unspecified atom stereocenters. The number of carbonyl (C=O) groups is 3. The molecule has 0 aliphatic carbocycles. The van der Waals surface area contributed by atoms with E-state index in [0.29, 0.717) is 17.9 Å². The van der Waals surface area contributed by atoms with Gasteiger partial charge in [-0.15, -0.1) is 0 Å². The van der Waals surface area contributed by atoms with Crippen molar-refractivity contribution in [2.45, 2.75) is 57.0 Å². The van der Waals surface area contributed by atoms with E-state index in [-0.39, 0.29) is 44.7 Å². The van der Waals surface area contributed by atoms with Crippen LogP contribution in [0.15, 0.2) is 90.1 Å². The largest absolute Gasteiger partial charge is 0.494 e. The van der Waals surface area contributed by atoms with Gasteiger partial charge in [-0.2, -0.15) is 0 Å². The number of nitrogens with one attached hydrogen (secondary N) is 2. The first-order chi connectivity index (χ1) is 22.2. The molecule has 2 N–H and O–H groups in total. The van der Waals surface area contributed by atoms with Gasteiger partial charge >= 0.3 is 0 Å². The van der Waals surface area contributed by atoms with Crippen LogP contribution in [0, 0.1) is 0 Å². The van der Waals surface area contributed by atoms with Crippen LogP contribution in [0.3, 0.4) is 0 Å². The van der Waals surface area contributed by atoms with E-state index in [0.717, 1.165) is 9.87 Å². The lowest BCUT2D eigenvalue weighted by Crippen LogP contribution is -2.42. The van der Waals surface area contributed by atoms with Gasteiger partial charge < -0.3 is 15.4 Å². The number of nitrogens with zero attached hydrogens (tertiary/aromatic N) is 2. The van der Waals surface area contributed by atoms with E-state index in [2.05, 4.69) is 15.6 Å². The van der Waals surface area contributed by atoms with Crippen molar-refractivity contribution in [3.05, 3.63) is 118 Å². The number of ether oxygens (including phenoxy) is 1. The zero-order valence-electron chi connectivity index (χ0n) is 26.6. The third-order valence-corrected chi connectivity index (χ3v) is 9.78. The molecule has 10 nitrogen and oxygen atoms in total. The Kier molecular flexibility index (Phi) is 9.16. The lowest BCUT2D eigenvalue weighted by molar-refractivity contribution is -0.120. The van der Waals surface area contributed by atoms with Gasteiger partial charge in [0.1, 0.15) is 11.2 Å². The van der Waals surface area contributed by atoms with Crippen LogP contribution in [-0.4, -0.2) is 43.3 Å². The van der Waals surface area contributed by atoms with Crippen molar-refractivity contribution in [2.24, 2.45) is 0 Å². The quantitative estimate of drug-likeness (QED) is 0.235. The molecular weight excluding hydrogens is 640 g/mol. The highest BCUT2D eigenvalue weighted by Crippen LogP contribution is 2.51. The third-order valence-electron chi connectivity index (χ3n) is 7.74. The number of sulfonamides is 1. The number of carbonyl (C=O) groups excluding carboxylic acids is 3. The smallest absolute Gasteiger partial charge is 0.270 e. The van der Waals surface area contributed by atoms with Crippen LogP contribution in [0.2, 0.25) is 5.02 Å². The molecule has 0 fully saturated rings. The molecule has 1 aliphatic rings. The predicted octanol–water partition coefficient (Wildman–Crippen LogP) is 5.63. The summed E-state index contributed by atoms with van der Waals surface area (Å²) < 4.78 is 34.9. The molecule has 0 spiro atoms. The molecule has 1 aliphatic heterocycles. The Bertz CT molecular complexity index is 1960. The number of pyridine rings is 1. The van der Waals surface area contributed by atoms with Gasteiger partial charge in [0.25, 0.3) is 27.7 Å². The maximum atomic E-state index is 14.5. The number of amides is 3. The van der Waals surface area contributed by atoms with Crippen LogP contribution in [0.4, 0.5) is 5.69 Å². The molecule has 3 amide bonds. The van der Waals surface area contributed by atoms with Gasteiger partial charge in [0, 0.05) is 46.2 Å². The maximum Gasteiger partial charge on any atom is 0.270 e. The fourth-order valence-electron chi connectivity index (χ4n) is 5.41. The van der Waals surface area contributed by atoms with Crippen molar-refractivity contribution in [1.82, 2.24) is 15.6 Å². The predicted molar refractivity (Wildman–Crippen MR) is 179 cm³/mol. The van der Waals surface area contributed by atoms with Gasteiger partial charge in [-0.05, 0) is 112 Å². The van der Waals surface area contributed by atoms with Gasteiger partial charge in [0.2, 0.25) is 0 Å². The molecule has 3 aromatic carbocycles. The lowest BCUT2D eigenvalue weighted by atomic mass is 9.76. The molecule has 0 saturated heterocycles. The van der Waals surface area contributed by atoms with Crippen molar-refractivity contribution in [2.75, 3.05) is 10.9 Å². The second-order valence-corrected chi connectivity index (χ2v) is 14.5. The van der Waals surface area contributed by atoms with E-state index in [1.807, 2.05) is 33.8 Å². The molecule has 0 bridgehead atoms. The summed E-state index contributed by atoms with van der Waals surface area (Å²) in [5.41, 5.74) is -0.102. The van der Waals surface area contributed by atoms with Crippen LogP contribution < -0.4 is 19.7 Å². The van der Waals surface area contributed by atoms with Crippen molar-refractivity contribution in [3.8, 4) is 5.75 Å². The number of rotatable bonds is 9. The highest BCUT2D eigenvalue weighted by molar-refractivity contribution is 7.93. The number of hydrogen-bond donors (Lipinski definition) is 2. The normalized spacial score (nSPS) is 16.0. The van der Waals surface area contributed by atoms with Gasteiger partial charge in [0.15, 0.2) is 0 Å². The molecule has 12 heteroatoms. The van der Waals surface area contributed by atoms with Gasteiger partial charge in [-0.1, -0.05) is 17.7 Å². The summed E-state index contributed by atoms with van der Waals surface area (Å²) >= 11 is 6.72. The number of fused-ring (bicyclic) bond motifs is 1. The van der Waals surface area contributed by atoms with Crippen LogP contribution >= 0.6 is 11.6 Å². The molecule has 4 aromatic rings. The topological polar surface area (TPSA) is 135 Å². The average Bonchev–Trinajstić information content (AvgIpc) is 3.26. The minimum Gasteiger partial charge on any atom is -0.494 e. The molecule has 0 saturated carbocycles. The Labute approximate surface area is 279 Å². The van der Waals surface area contributed by atoms with E-state index < -0.39 is 32.8 Å². The lowest BCUT2D eigenvalue weighted by Gasteiger charge is -2.26. The van der Waals surface area contributed by atoms with E-state index in [1.54, 1.807) is 37.5 Å². The Hall–Kier alpha value is -4.74. The molecule has 0 radical (unpaired) electrons. The fraction of sp³-hybridized carbons (Fsp3) is 0.257. The number of benzene rings is 3. The minimum absolute atomic E-state index is 0.123. The number of aromatic nitrogens is 1. The van der Waals surface area contributed by atoms with Crippen LogP contribution in [0.1, 0.15) is 72.0 Å². The first-order valence-corrected chi connectivity index (χ1v) is 16.8. The first-order valence-electron chi connectivity index (χ1n) is 14.9. The minimum atomic E-state index is -4.48. The van der Waals surface area contributed by atoms with Crippen LogP contribution in [-0.2, 0) is 26.8 Å². The summed E-state index contributed by atoms with van der Waals surface area (Å²) in [7, 11) is -4.48. The summed E-state index contributed by atoms with van der Waals surface area (Å²) in [5.74, 6) is -1.13. The Morgan fingerprint density at radius 1 is 0.957 bits per heavy atom. The molecule has 47 heavy (non-hydrogen) atoms. The van der Waals surface area contributed by atoms with Gasteiger partial charge in [-0.3, -0.25) is 19.4 Å². The SMILES string of the molecule is CCOc1ccc2c(c1)C(C)(c1cc(C(=O)NCc3cccnc3)ccc1Cl)C(=O)N2S(=O)(=O)c1ccc(C(=O)NC(C)(C)C)cc1. The molecule has 1 aromatic heterocycles. The first kappa shape index (κ1) is 33.6. The average molecular weight is 675 g/mol. The van der Waals surface area contributed by atoms with Crippen LogP contribution in [0.5, 0.6) is 5.75 Å². The maximum absolute atomic E-state index is 14.5. The fourth-order valence-corrected chi connectivity index (χ4v) is 7.23. The van der Waals surface area contributed by atoms with E-state index in [4.69, 9.17) is 16.3 Å². The van der Waals surface area contributed by atoms with E-state index >= 15 is 0 Å². The molecular formula is C35H35ClN4O6S. The second-order valence-electron chi connectivity index (χ2n) is 12.3. The summed E-state index contributed by atoms with van der Waals surface area (Å²) in [6.45, 7) is 9.47. The van der Waals surface area contributed by atoms with Gasteiger partial charge in [0.05, 0.1) is 17.2 Å². The van der Waals surface area contributed by atoms with Crippen molar-refractivity contribution < 1.29 is 27.5 Å². The standard InChI is InChI=1S/C35H35ClN4O6S/c1-6-46-25-12-16-30-28(19-25)35(5,27-18-24(11-15-29(27)36)31(41)38-21-22-8-7-17-37-20-22)33(43)40(30)47(44,45)26-13-9-23(10-14-26)32(42)39-34(2,3)4/h7-20H,6,21H2,1-5H3,(H,38,41)(H,39,42). The Balaban J connectivity index is 1.56. The molecule has 244 valence electrons. The zero-order valence-corrected chi connectivity index (χ0v) is 28.2. The van der Waals surface area contributed by atoms with E-state index in [9.17, 15) is 22.8 Å². The van der Waals surface area contributed by atoms with Crippen molar-refractivity contribution >= 4 is 45.0 Å². The summed E-state index contributed by atoms with van der Waals surface area (Å²) in [4.78, 5) is 44.3. The Morgan fingerprint density at radius 3 is 2.30 bits per heavy atom. The van der Waals surface area contributed by atoms with Crippen molar-refractivity contribution in [1.29, 1.82) is 0 Å². The molecule has 5 rings (SSSR count). The second kappa shape index (κ2) is 12.8. The molecule has 1 atom stereocenters. The van der Waals surface area contributed by atoms with Crippen LogP contribution in [0.25, 0.3) is 0 Å². The van der Waals surface area contributed by atoms with Gasteiger partial charge in [-0.25, -0.2) is 12.7 Å². The summed E-state index contributed by atoms with van der Waals surface area (Å²) in [6.07, 6.45) is 3.28. The van der Waals surface area contributed by atoms with Crippen molar-refractivity contribution in [3.63, 3.8) is 0 Å². The number of anilines is 1.